The van der Waals surface area contributed by atoms with Crippen LogP contribution in [0.2, 0.25) is 0 Å². The lowest BCUT2D eigenvalue weighted by atomic mass is 9.86. The minimum absolute atomic E-state index is 0.0905. The van der Waals surface area contributed by atoms with Gasteiger partial charge >= 0.3 is 0 Å². The first kappa shape index (κ1) is 16.1. The van der Waals surface area contributed by atoms with E-state index in [1.807, 2.05) is 12.1 Å². The van der Waals surface area contributed by atoms with E-state index in [2.05, 4.69) is 79.2 Å². The molecule has 2 rings (SSSR count). The fourth-order valence-corrected chi connectivity index (χ4v) is 2.92. The molecule has 0 aliphatic carbocycles. The van der Waals surface area contributed by atoms with Gasteiger partial charge in [-0.1, -0.05) is 85.2 Å². The highest BCUT2D eigenvalue weighted by Gasteiger charge is 2.19. The molecule has 0 spiro atoms. The molecular weight excluding hydrogens is 324 g/mol. The third-order valence-corrected chi connectivity index (χ3v) is 4.37. The molecule has 0 aromatic heterocycles. The van der Waals surface area contributed by atoms with Crippen molar-refractivity contribution in [2.24, 2.45) is 0 Å². The van der Waals surface area contributed by atoms with E-state index in [0.717, 1.165) is 11.1 Å². The van der Waals surface area contributed by atoms with Crippen LogP contribution in [0.25, 0.3) is 0 Å². The Bertz CT molecular complexity index is 557. The molecule has 0 saturated carbocycles. The Morgan fingerprint density at radius 2 is 1.57 bits per heavy atom. The molecule has 2 aromatic rings. The van der Waals surface area contributed by atoms with Crippen molar-refractivity contribution in [3.05, 3.63) is 65.7 Å². The fourth-order valence-electron chi connectivity index (χ4n) is 2.36. The van der Waals surface area contributed by atoms with Crippen molar-refractivity contribution in [3.63, 3.8) is 0 Å². The van der Waals surface area contributed by atoms with Crippen LogP contribution in [0, 0.1) is 0 Å². The van der Waals surface area contributed by atoms with Crippen molar-refractivity contribution in [2.45, 2.75) is 32.1 Å². The number of hydrogen-bond donors (Lipinski definition) is 0. The maximum atomic E-state index is 6.14. The topological polar surface area (TPSA) is 9.23 Å². The first-order valence-electron chi connectivity index (χ1n) is 7.35. The molecule has 2 aromatic carbocycles. The van der Waals surface area contributed by atoms with Crippen molar-refractivity contribution in [2.75, 3.05) is 11.9 Å². The summed E-state index contributed by atoms with van der Waals surface area (Å²) in [5.74, 6) is 1.35. The Balaban J connectivity index is 2.13. The van der Waals surface area contributed by atoms with Gasteiger partial charge in [0.2, 0.25) is 0 Å². The Hall–Kier alpha value is -1.28. The third-order valence-electron chi connectivity index (χ3n) is 3.59. The summed E-state index contributed by atoms with van der Waals surface area (Å²) in [6.45, 7) is 7.33. The van der Waals surface area contributed by atoms with Crippen LogP contribution in [0.3, 0.4) is 0 Å². The summed E-state index contributed by atoms with van der Waals surface area (Å²) in [5, 5.41) is 0.898. The van der Waals surface area contributed by atoms with Gasteiger partial charge in [0.15, 0.2) is 0 Å². The zero-order valence-electron chi connectivity index (χ0n) is 13.0. The van der Waals surface area contributed by atoms with Crippen LogP contribution in [-0.2, 0) is 5.41 Å². The van der Waals surface area contributed by atoms with Gasteiger partial charge in [-0.2, -0.15) is 0 Å². The van der Waals surface area contributed by atoms with E-state index in [9.17, 15) is 0 Å². The molecule has 0 aliphatic heterocycles. The molecule has 0 amide bonds. The minimum atomic E-state index is 0.0905. The largest absolute Gasteiger partial charge is 0.493 e. The molecule has 0 radical (unpaired) electrons. The van der Waals surface area contributed by atoms with Crippen LogP contribution >= 0.6 is 15.9 Å². The molecule has 0 heterocycles. The van der Waals surface area contributed by atoms with Crippen LogP contribution in [0.4, 0.5) is 0 Å². The van der Waals surface area contributed by atoms with E-state index >= 15 is 0 Å². The smallest absolute Gasteiger partial charge is 0.123 e. The number of halogens is 1. The highest BCUT2D eigenvalue weighted by molar-refractivity contribution is 9.09. The quantitative estimate of drug-likeness (QED) is 0.645. The monoisotopic (exact) mass is 346 g/mol. The zero-order chi connectivity index (χ0) is 15.3. The van der Waals surface area contributed by atoms with Crippen LogP contribution in [-0.4, -0.2) is 11.9 Å². The Morgan fingerprint density at radius 1 is 0.952 bits per heavy atom. The summed E-state index contributed by atoms with van der Waals surface area (Å²) in [4.78, 5) is 0. The summed E-state index contributed by atoms with van der Waals surface area (Å²) < 4.78 is 6.14. The van der Waals surface area contributed by atoms with Crippen LogP contribution in [0.5, 0.6) is 5.75 Å². The fraction of sp³-hybridized carbons (Fsp3) is 0.368. The van der Waals surface area contributed by atoms with Crippen molar-refractivity contribution in [1.29, 1.82) is 0 Å². The number of rotatable bonds is 5. The van der Waals surface area contributed by atoms with E-state index in [1.165, 1.54) is 11.1 Å². The van der Waals surface area contributed by atoms with Gasteiger partial charge in [0.25, 0.3) is 0 Å². The summed E-state index contributed by atoms with van der Waals surface area (Å²) in [6, 6.07) is 18.9. The minimum Gasteiger partial charge on any atom is -0.493 e. The maximum absolute atomic E-state index is 6.14. The van der Waals surface area contributed by atoms with Gasteiger partial charge in [-0.05, 0) is 22.6 Å². The molecule has 1 unspecified atom stereocenters. The van der Waals surface area contributed by atoms with E-state index < -0.39 is 0 Å². The number of alkyl halides is 1. The predicted molar refractivity (Wildman–Crippen MR) is 93.6 cm³/mol. The first-order valence-corrected chi connectivity index (χ1v) is 8.47. The molecule has 21 heavy (non-hydrogen) atoms. The summed E-state index contributed by atoms with van der Waals surface area (Å²) in [6.07, 6.45) is 0. The maximum Gasteiger partial charge on any atom is 0.123 e. The molecule has 1 atom stereocenters. The van der Waals surface area contributed by atoms with Crippen LogP contribution < -0.4 is 4.74 Å². The number of benzene rings is 2. The molecule has 0 N–H and O–H groups in total. The lowest BCUT2D eigenvalue weighted by molar-refractivity contribution is 0.290. The Kier molecular flexibility index (Phi) is 5.46. The van der Waals surface area contributed by atoms with E-state index in [-0.39, 0.29) is 5.41 Å². The average molecular weight is 347 g/mol. The Morgan fingerprint density at radius 3 is 2.19 bits per heavy atom. The van der Waals surface area contributed by atoms with Crippen LogP contribution in [0.1, 0.15) is 37.8 Å². The SMILES string of the molecule is CC(C)(C)c1ccccc1OCC(CBr)c1ccccc1. The average Bonchev–Trinajstić information content (AvgIpc) is 2.48. The van der Waals surface area contributed by atoms with Gasteiger partial charge in [-0.25, -0.2) is 0 Å². The standard InChI is InChI=1S/C19H23BrO/c1-19(2,3)17-11-7-8-12-18(17)21-14-16(13-20)15-9-5-4-6-10-15/h4-12,16H,13-14H2,1-3H3. The lowest BCUT2D eigenvalue weighted by Crippen LogP contribution is -2.16. The van der Waals surface area contributed by atoms with Gasteiger partial charge in [0, 0.05) is 11.2 Å². The number of para-hydroxylation sites is 1. The highest BCUT2D eigenvalue weighted by atomic mass is 79.9. The second-order valence-electron chi connectivity index (χ2n) is 6.32. The highest BCUT2D eigenvalue weighted by Crippen LogP contribution is 2.31. The van der Waals surface area contributed by atoms with E-state index in [0.29, 0.717) is 12.5 Å². The molecule has 112 valence electrons. The molecule has 2 heteroatoms. The lowest BCUT2D eigenvalue weighted by Gasteiger charge is -2.24. The molecule has 0 bridgehead atoms. The molecule has 1 nitrogen and oxygen atoms in total. The zero-order valence-corrected chi connectivity index (χ0v) is 14.6. The van der Waals surface area contributed by atoms with Crippen molar-refractivity contribution >= 4 is 15.9 Å². The second kappa shape index (κ2) is 7.13. The van der Waals surface area contributed by atoms with Gasteiger partial charge in [0.1, 0.15) is 5.75 Å². The van der Waals surface area contributed by atoms with Gasteiger partial charge in [-0.15, -0.1) is 0 Å². The number of hydrogen-bond acceptors (Lipinski definition) is 1. The van der Waals surface area contributed by atoms with Gasteiger partial charge in [0.05, 0.1) is 6.61 Å². The van der Waals surface area contributed by atoms with Crippen molar-refractivity contribution < 1.29 is 4.74 Å². The first-order chi connectivity index (χ1) is 10.0. The summed E-state index contributed by atoms with van der Waals surface area (Å²) in [5.41, 5.74) is 2.65. The summed E-state index contributed by atoms with van der Waals surface area (Å²) >= 11 is 3.60. The Labute approximate surface area is 136 Å². The molecule has 0 aliphatic rings. The van der Waals surface area contributed by atoms with Crippen molar-refractivity contribution in [3.8, 4) is 5.75 Å². The van der Waals surface area contributed by atoms with Gasteiger partial charge < -0.3 is 4.74 Å². The van der Waals surface area contributed by atoms with Gasteiger partial charge in [-0.3, -0.25) is 0 Å². The summed E-state index contributed by atoms with van der Waals surface area (Å²) in [7, 11) is 0. The normalized spacial score (nSPS) is 13.0. The number of ether oxygens (including phenoxy) is 1. The predicted octanol–water partition coefficient (Wildman–Crippen LogP) is 5.54. The molecule has 0 fully saturated rings. The molecular formula is C19H23BrO. The third kappa shape index (κ3) is 4.34. The van der Waals surface area contributed by atoms with E-state index in [4.69, 9.17) is 4.74 Å². The van der Waals surface area contributed by atoms with Crippen LogP contribution in [0.15, 0.2) is 54.6 Å². The molecule has 0 saturated heterocycles. The second-order valence-corrected chi connectivity index (χ2v) is 6.97. The van der Waals surface area contributed by atoms with E-state index in [1.54, 1.807) is 0 Å². The van der Waals surface area contributed by atoms with Crippen molar-refractivity contribution in [1.82, 2.24) is 0 Å².